The number of rotatable bonds is 5. The molecule has 24 heavy (non-hydrogen) atoms. The zero-order chi connectivity index (χ0) is 17.3. The van der Waals surface area contributed by atoms with E-state index in [0.29, 0.717) is 52.9 Å². The summed E-state index contributed by atoms with van der Waals surface area (Å²) in [6, 6.07) is 3.14. The van der Waals surface area contributed by atoms with Crippen molar-refractivity contribution in [3.05, 3.63) is 28.3 Å². The van der Waals surface area contributed by atoms with E-state index in [1.54, 1.807) is 12.1 Å². The Balaban J connectivity index is 1.65. The Kier molecular flexibility index (Phi) is 5.26. The van der Waals surface area contributed by atoms with Crippen molar-refractivity contribution in [1.29, 1.82) is 0 Å². The fourth-order valence-corrected chi connectivity index (χ4v) is 5.69. The first-order valence-electron chi connectivity index (χ1n) is 7.73. The van der Waals surface area contributed by atoms with Gasteiger partial charge in [0.1, 0.15) is 4.21 Å². The minimum absolute atomic E-state index is 0.0289. The molecule has 0 saturated carbocycles. The van der Waals surface area contributed by atoms with Crippen molar-refractivity contribution in [2.45, 2.75) is 30.5 Å². The molecule has 1 aliphatic heterocycles. The van der Waals surface area contributed by atoms with Crippen LogP contribution in [0.1, 0.15) is 31.7 Å². The molecule has 10 heteroatoms. The van der Waals surface area contributed by atoms with Gasteiger partial charge in [-0.3, -0.25) is 4.90 Å². The van der Waals surface area contributed by atoms with Crippen molar-refractivity contribution in [3.8, 4) is 0 Å². The molecule has 1 aliphatic rings. The molecule has 1 fully saturated rings. The summed E-state index contributed by atoms with van der Waals surface area (Å²) in [6.45, 7) is 6.04. The maximum Gasteiger partial charge on any atom is 0.252 e. The van der Waals surface area contributed by atoms with Crippen LogP contribution in [0.25, 0.3) is 0 Å². The van der Waals surface area contributed by atoms with E-state index in [2.05, 4.69) is 15.1 Å². The highest BCUT2D eigenvalue weighted by atomic mass is 35.5. The van der Waals surface area contributed by atoms with Gasteiger partial charge in [-0.05, 0) is 19.1 Å². The molecule has 0 spiro atoms. The van der Waals surface area contributed by atoms with E-state index in [-0.39, 0.29) is 6.04 Å². The van der Waals surface area contributed by atoms with Crippen molar-refractivity contribution in [2.24, 2.45) is 0 Å². The first kappa shape index (κ1) is 17.8. The first-order chi connectivity index (χ1) is 11.4. The molecule has 1 saturated heterocycles. The number of piperazine rings is 1. The molecule has 0 amide bonds. The number of hydrogen-bond acceptors (Lipinski definition) is 7. The van der Waals surface area contributed by atoms with Gasteiger partial charge in [-0.15, -0.1) is 21.5 Å². The van der Waals surface area contributed by atoms with Gasteiger partial charge >= 0.3 is 0 Å². The van der Waals surface area contributed by atoms with Crippen molar-refractivity contribution in [2.75, 3.05) is 26.2 Å². The summed E-state index contributed by atoms with van der Waals surface area (Å²) in [7, 11) is -3.47. The van der Waals surface area contributed by atoms with Crippen molar-refractivity contribution >= 4 is 33.0 Å². The third kappa shape index (κ3) is 3.50. The molecule has 2 aromatic heterocycles. The van der Waals surface area contributed by atoms with Crippen LogP contribution < -0.4 is 0 Å². The standard InChI is InChI=1S/C14H19ClN4O3S2/c1-3-12-16-17-14(22-12)10(2)18-6-8-19(9-7-18)24(20,21)13-5-4-11(15)23-13/h4-5,10H,3,6-9H2,1-2H3/t10-/m1/s1. The molecule has 0 aliphatic carbocycles. The van der Waals surface area contributed by atoms with Crippen LogP contribution in [-0.4, -0.2) is 54.0 Å². The van der Waals surface area contributed by atoms with Gasteiger partial charge in [-0.2, -0.15) is 4.31 Å². The highest BCUT2D eigenvalue weighted by Gasteiger charge is 2.32. The van der Waals surface area contributed by atoms with Crippen LogP contribution in [0.15, 0.2) is 20.8 Å². The number of halogens is 1. The summed E-state index contributed by atoms with van der Waals surface area (Å²) < 4.78 is 33.1. The van der Waals surface area contributed by atoms with E-state index in [4.69, 9.17) is 16.0 Å². The maximum atomic E-state index is 12.6. The van der Waals surface area contributed by atoms with E-state index >= 15 is 0 Å². The fraction of sp³-hybridized carbons (Fsp3) is 0.571. The summed E-state index contributed by atoms with van der Waals surface area (Å²) in [5.74, 6) is 1.20. The third-order valence-corrected chi connectivity index (χ3v) is 7.70. The van der Waals surface area contributed by atoms with E-state index in [9.17, 15) is 8.42 Å². The Labute approximate surface area is 150 Å². The minimum Gasteiger partial charge on any atom is -0.424 e. The van der Waals surface area contributed by atoms with Gasteiger partial charge in [0.05, 0.1) is 10.4 Å². The maximum absolute atomic E-state index is 12.6. The van der Waals surface area contributed by atoms with Gasteiger partial charge in [0, 0.05) is 32.6 Å². The molecule has 0 N–H and O–H groups in total. The monoisotopic (exact) mass is 390 g/mol. The molecule has 0 unspecified atom stereocenters. The molecular formula is C14H19ClN4O3S2. The number of nitrogens with zero attached hydrogens (tertiary/aromatic N) is 4. The van der Waals surface area contributed by atoms with Crippen LogP contribution in [0.3, 0.4) is 0 Å². The zero-order valence-corrected chi connectivity index (χ0v) is 15.9. The molecule has 132 valence electrons. The number of hydrogen-bond donors (Lipinski definition) is 0. The van der Waals surface area contributed by atoms with Crippen LogP contribution in [0.2, 0.25) is 4.34 Å². The Hall–Kier alpha value is -1.00. The van der Waals surface area contributed by atoms with E-state index in [1.807, 2.05) is 13.8 Å². The van der Waals surface area contributed by atoms with Crippen LogP contribution in [0.4, 0.5) is 0 Å². The average molecular weight is 391 g/mol. The molecular weight excluding hydrogens is 372 g/mol. The molecule has 7 nitrogen and oxygen atoms in total. The lowest BCUT2D eigenvalue weighted by atomic mass is 10.2. The number of aryl methyl sites for hydroxylation is 1. The van der Waals surface area contributed by atoms with Gasteiger partial charge < -0.3 is 4.42 Å². The highest BCUT2D eigenvalue weighted by Crippen LogP contribution is 2.29. The van der Waals surface area contributed by atoms with Crippen molar-refractivity contribution in [1.82, 2.24) is 19.4 Å². The largest absolute Gasteiger partial charge is 0.424 e. The lowest BCUT2D eigenvalue weighted by Crippen LogP contribution is -2.49. The molecule has 0 bridgehead atoms. The van der Waals surface area contributed by atoms with Gasteiger partial charge in [-0.25, -0.2) is 8.42 Å². The SMILES string of the molecule is CCc1nnc([C@@H](C)N2CCN(S(=O)(=O)c3ccc(Cl)s3)CC2)o1. The lowest BCUT2D eigenvalue weighted by Gasteiger charge is -2.35. The second-order valence-corrected chi connectivity index (χ2v) is 9.44. The summed E-state index contributed by atoms with van der Waals surface area (Å²) >= 11 is 6.94. The summed E-state index contributed by atoms with van der Waals surface area (Å²) in [5.41, 5.74) is 0. The highest BCUT2D eigenvalue weighted by molar-refractivity contribution is 7.91. The molecule has 0 radical (unpaired) electrons. The van der Waals surface area contributed by atoms with Crippen LogP contribution >= 0.6 is 22.9 Å². The van der Waals surface area contributed by atoms with Crippen molar-refractivity contribution in [3.63, 3.8) is 0 Å². The van der Waals surface area contributed by atoms with Gasteiger partial charge in [0.15, 0.2) is 0 Å². The summed E-state index contributed by atoms with van der Waals surface area (Å²) in [6.07, 6.45) is 0.703. The van der Waals surface area contributed by atoms with Gasteiger partial charge in [0.2, 0.25) is 11.8 Å². The first-order valence-corrected chi connectivity index (χ1v) is 10.4. The van der Waals surface area contributed by atoms with Crippen LogP contribution in [0, 0.1) is 0 Å². The minimum atomic E-state index is -3.47. The summed E-state index contributed by atoms with van der Waals surface area (Å²) in [5, 5.41) is 8.06. The third-order valence-electron chi connectivity index (χ3n) is 4.11. The Morgan fingerprint density at radius 1 is 1.29 bits per heavy atom. The Morgan fingerprint density at radius 2 is 2.00 bits per heavy atom. The molecule has 0 aromatic carbocycles. The summed E-state index contributed by atoms with van der Waals surface area (Å²) in [4.78, 5) is 2.15. The van der Waals surface area contributed by atoms with Gasteiger partial charge in [-0.1, -0.05) is 18.5 Å². The normalized spacial score (nSPS) is 18.8. The average Bonchev–Trinajstić information content (AvgIpc) is 3.23. The topological polar surface area (TPSA) is 79.5 Å². The predicted molar refractivity (Wildman–Crippen MR) is 91.8 cm³/mol. The van der Waals surface area contributed by atoms with Crippen LogP contribution in [0.5, 0.6) is 0 Å². The van der Waals surface area contributed by atoms with E-state index in [1.165, 1.54) is 4.31 Å². The van der Waals surface area contributed by atoms with Gasteiger partial charge in [0.25, 0.3) is 10.0 Å². The number of sulfonamides is 1. The molecule has 3 heterocycles. The quantitative estimate of drug-likeness (QED) is 0.780. The Morgan fingerprint density at radius 3 is 2.54 bits per heavy atom. The zero-order valence-electron chi connectivity index (χ0n) is 13.5. The second kappa shape index (κ2) is 7.09. The molecule has 2 aromatic rings. The molecule has 3 rings (SSSR count). The van der Waals surface area contributed by atoms with E-state index < -0.39 is 10.0 Å². The smallest absolute Gasteiger partial charge is 0.252 e. The molecule has 1 atom stereocenters. The van der Waals surface area contributed by atoms with Crippen LogP contribution in [-0.2, 0) is 16.4 Å². The number of thiophene rings is 1. The lowest BCUT2D eigenvalue weighted by molar-refractivity contribution is 0.128. The Bertz CT molecular complexity index is 797. The van der Waals surface area contributed by atoms with E-state index in [0.717, 1.165) is 11.3 Å². The van der Waals surface area contributed by atoms with Crippen molar-refractivity contribution < 1.29 is 12.8 Å². The predicted octanol–water partition coefficient (Wildman–Crippen LogP) is 2.41. The number of aromatic nitrogens is 2. The second-order valence-electron chi connectivity index (χ2n) is 5.56. The fourth-order valence-electron chi connectivity index (χ4n) is 2.63.